The largest absolute Gasteiger partial charge is 0.392 e. The number of hydrogen-bond acceptors (Lipinski definition) is 4. The number of likely N-dealkylation sites (N-methyl/N-ethyl adjacent to an activating group) is 1. The number of aliphatic hydroxyl groups excluding tert-OH is 2. The Morgan fingerprint density at radius 3 is 2.18 bits per heavy atom. The predicted molar refractivity (Wildman–Crippen MR) is 65.4 cm³/mol. The molecule has 1 aromatic rings. The van der Waals surface area contributed by atoms with Crippen molar-refractivity contribution in [1.82, 2.24) is 5.32 Å². The van der Waals surface area contributed by atoms with Gasteiger partial charge >= 0.3 is 0 Å². The van der Waals surface area contributed by atoms with Crippen LogP contribution in [-0.2, 0) is 18.0 Å². The zero-order valence-electron chi connectivity index (χ0n) is 10.0. The first-order valence-corrected chi connectivity index (χ1v) is 5.43. The zero-order valence-corrected chi connectivity index (χ0v) is 10.0. The van der Waals surface area contributed by atoms with E-state index in [-0.39, 0.29) is 25.2 Å². The molecule has 1 atom stereocenters. The third-order valence-corrected chi connectivity index (χ3v) is 2.51. The summed E-state index contributed by atoms with van der Waals surface area (Å²) in [6.45, 7) is 1.49. The number of carbonyl (C=O) groups is 1. The van der Waals surface area contributed by atoms with Crippen LogP contribution in [0.2, 0.25) is 0 Å². The number of anilines is 1. The van der Waals surface area contributed by atoms with Crippen LogP contribution < -0.4 is 10.6 Å². The quantitative estimate of drug-likeness (QED) is 0.591. The molecule has 5 heteroatoms. The predicted octanol–water partition coefficient (Wildman–Crippen LogP) is 0.218. The third kappa shape index (κ3) is 3.81. The Balaban J connectivity index is 2.86. The number of aliphatic hydroxyl groups is 2. The molecule has 4 N–H and O–H groups in total. The van der Waals surface area contributed by atoms with Gasteiger partial charge in [-0.25, -0.2) is 0 Å². The van der Waals surface area contributed by atoms with Crippen LogP contribution in [-0.4, -0.2) is 29.2 Å². The van der Waals surface area contributed by atoms with Gasteiger partial charge in [-0.3, -0.25) is 4.79 Å². The average molecular weight is 238 g/mol. The van der Waals surface area contributed by atoms with Gasteiger partial charge in [-0.15, -0.1) is 0 Å². The van der Waals surface area contributed by atoms with E-state index in [2.05, 4.69) is 10.6 Å². The van der Waals surface area contributed by atoms with E-state index >= 15 is 0 Å². The van der Waals surface area contributed by atoms with E-state index in [4.69, 9.17) is 10.2 Å². The molecule has 0 radical (unpaired) electrons. The number of benzene rings is 1. The smallest absolute Gasteiger partial charge is 0.241 e. The lowest BCUT2D eigenvalue weighted by Crippen LogP contribution is -2.35. The normalized spacial score (nSPS) is 12.2. The van der Waals surface area contributed by atoms with E-state index < -0.39 is 0 Å². The first kappa shape index (κ1) is 13.6. The fraction of sp³-hybridized carbons (Fsp3) is 0.417. The minimum Gasteiger partial charge on any atom is -0.392 e. The topological polar surface area (TPSA) is 81.6 Å². The summed E-state index contributed by atoms with van der Waals surface area (Å²) < 4.78 is 0. The zero-order chi connectivity index (χ0) is 12.8. The van der Waals surface area contributed by atoms with E-state index in [0.29, 0.717) is 16.8 Å². The highest BCUT2D eigenvalue weighted by atomic mass is 16.3. The second kappa shape index (κ2) is 6.34. The van der Waals surface area contributed by atoms with Crippen LogP contribution in [0, 0.1) is 0 Å². The minimum absolute atomic E-state index is 0.127. The van der Waals surface area contributed by atoms with Gasteiger partial charge < -0.3 is 20.8 Å². The van der Waals surface area contributed by atoms with Gasteiger partial charge in [0, 0.05) is 5.69 Å². The van der Waals surface area contributed by atoms with Gasteiger partial charge in [0.25, 0.3) is 0 Å². The summed E-state index contributed by atoms with van der Waals surface area (Å²) in [6.07, 6.45) is 0. The Labute approximate surface area is 100 Å². The molecule has 0 saturated carbocycles. The van der Waals surface area contributed by atoms with Gasteiger partial charge in [0.1, 0.15) is 0 Å². The number of nitrogens with one attached hydrogen (secondary N) is 2. The summed E-state index contributed by atoms with van der Waals surface area (Å²) in [6, 6.07) is 4.75. The fourth-order valence-electron chi connectivity index (χ4n) is 1.40. The highest BCUT2D eigenvalue weighted by Crippen LogP contribution is 2.15. The van der Waals surface area contributed by atoms with Gasteiger partial charge in [-0.2, -0.15) is 0 Å². The molecule has 0 unspecified atom stereocenters. The molecule has 1 amide bonds. The Bertz CT molecular complexity index is 371. The fourth-order valence-corrected chi connectivity index (χ4v) is 1.40. The molecule has 0 aliphatic carbocycles. The third-order valence-electron chi connectivity index (χ3n) is 2.51. The number of amides is 1. The van der Waals surface area contributed by atoms with Crippen LogP contribution in [0.15, 0.2) is 18.2 Å². The lowest BCUT2D eigenvalue weighted by molar-refractivity contribution is -0.117. The van der Waals surface area contributed by atoms with Crippen LogP contribution in [0.3, 0.4) is 0 Å². The number of rotatable bonds is 5. The lowest BCUT2D eigenvalue weighted by Gasteiger charge is -2.12. The van der Waals surface area contributed by atoms with E-state index in [0.717, 1.165) is 0 Å². The van der Waals surface area contributed by atoms with Crippen LogP contribution >= 0.6 is 0 Å². The van der Waals surface area contributed by atoms with Crippen LogP contribution in [0.5, 0.6) is 0 Å². The highest BCUT2D eigenvalue weighted by molar-refractivity contribution is 5.94. The number of hydrogen-bond donors (Lipinski definition) is 4. The lowest BCUT2D eigenvalue weighted by atomic mass is 10.1. The summed E-state index contributed by atoms with van der Waals surface area (Å²) in [7, 11) is 1.70. The molecule has 0 spiro atoms. The monoisotopic (exact) mass is 238 g/mol. The molecule has 94 valence electrons. The molecule has 1 aromatic carbocycles. The molecule has 0 aliphatic heterocycles. The molecular formula is C12H18N2O3. The molecule has 0 aromatic heterocycles. The Hall–Kier alpha value is -1.43. The van der Waals surface area contributed by atoms with Crippen molar-refractivity contribution in [2.24, 2.45) is 0 Å². The van der Waals surface area contributed by atoms with Gasteiger partial charge in [0.15, 0.2) is 0 Å². The van der Waals surface area contributed by atoms with Gasteiger partial charge in [0.2, 0.25) is 5.91 Å². The van der Waals surface area contributed by atoms with Crippen molar-refractivity contribution >= 4 is 11.6 Å². The van der Waals surface area contributed by atoms with E-state index in [1.165, 1.54) is 0 Å². The maximum atomic E-state index is 11.6. The molecule has 0 saturated heterocycles. The van der Waals surface area contributed by atoms with Crippen molar-refractivity contribution in [1.29, 1.82) is 0 Å². The summed E-state index contributed by atoms with van der Waals surface area (Å²) in [5, 5.41) is 23.7. The number of carbonyl (C=O) groups excluding carboxylic acids is 1. The van der Waals surface area contributed by atoms with Crippen molar-refractivity contribution < 1.29 is 15.0 Å². The summed E-state index contributed by atoms with van der Waals surface area (Å²) in [4.78, 5) is 11.6. The summed E-state index contributed by atoms with van der Waals surface area (Å²) in [5.41, 5.74) is 1.89. The Morgan fingerprint density at radius 1 is 1.24 bits per heavy atom. The van der Waals surface area contributed by atoms with E-state index in [1.54, 1.807) is 32.2 Å². The molecule has 17 heavy (non-hydrogen) atoms. The summed E-state index contributed by atoms with van der Waals surface area (Å²) in [5.74, 6) is -0.161. The molecule has 0 aliphatic rings. The molecule has 1 rings (SSSR count). The minimum atomic E-state index is -0.301. The maximum absolute atomic E-state index is 11.6. The molecule has 5 nitrogen and oxygen atoms in total. The van der Waals surface area contributed by atoms with Crippen LogP contribution in [0.1, 0.15) is 18.1 Å². The second-order valence-electron chi connectivity index (χ2n) is 3.85. The average Bonchev–Trinajstić information content (AvgIpc) is 2.36. The van der Waals surface area contributed by atoms with E-state index in [1.807, 2.05) is 0 Å². The maximum Gasteiger partial charge on any atom is 0.241 e. The van der Waals surface area contributed by atoms with E-state index in [9.17, 15) is 4.79 Å². The highest BCUT2D eigenvalue weighted by Gasteiger charge is 2.10. The standard InChI is InChI=1S/C12H18N2O3/c1-8(13-2)12(17)14-11-4-9(6-15)3-10(5-11)7-16/h3-5,8,13,15-16H,6-7H2,1-2H3,(H,14,17)/t8-/m0/s1. The second-order valence-corrected chi connectivity index (χ2v) is 3.85. The molecular weight excluding hydrogens is 220 g/mol. The van der Waals surface area contributed by atoms with Crippen molar-refractivity contribution in [2.75, 3.05) is 12.4 Å². The summed E-state index contributed by atoms with van der Waals surface area (Å²) >= 11 is 0. The first-order chi connectivity index (χ1) is 8.10. The van der Waals surface area contributed by atoms with Crippen LogP contribution in [0.4, 0.5) is 5.69 Å². The van der Waals surface area contributed by atoms with Crippen LogP contribution in [0.25, 0.3) is 0 Å². The van der Waals surface area contributed by atoms with Crippen molar-refractivity contribution in [3.63, 3.8) is 0 Å². The first-order valence-electron chi connectivity index (χ1n) is 5.43. The molecule has 0 heterocycles. The van der Waals surface area contributed by atoms with Crippen molar-refractivity contribution in [2.45, 2.75) is 26.2 Å². The SMILES string of the molecule is CN[C@@H](C)C(=O)Nc1cc(CO)cc(CO)c1. The van der Waals surface area contributed by atoms with Gasteiger partial charge in [-0.05, 0) is 37.2 Å². The molecule has 0 bridgehead atoms. The van der Waals surface area contributed by atoms with Gasteiger partial charge in [-0.1, -0.05) is 6.07 Å². The van der Waals surface area contributed by atoms with Crippen molar-refractivity contribution in [3.8, 4) is 0 Å². The Morgan fingerprint density at radius 2 is 1.76 bits per heavy atom. The van der Waals surface area contributed by atoms with Gasteiger partial charge in [0.05, 0.1) is 19.3 Å². The molecule has 0 fully saturated rings. The van der Waals surface area contributed by atoms with Crippen molar-refractivity contribution in [3.05, 3.63) is 29.3 Å². The Kier molecular flexibility index (Phi) is 5.09.